The maximum Gasteiger partial charge on any atom is 0.335 e. The highest BCUT2D eigenvalue weighted by molar-refractivity contribution is 6.30. The lowest BCUT2D eigenvalue weighted by atomic mass is 9.71. The molecule has 2 aliphatic rings. The quantitative estimate of drug-likeness (QED) is 0.236. The number of carbonyl (C=O) groups is 3. The number of carboxylic acids is 1. The molecular formula is C34H34ClN7O4. The number of rotatable bonds is 8. The Morgan fingerprint density at radius 2 is 1.74 bits per heavy atom. The van der Waals surface area contributed by atoms with Crippen molar-refractivity contribution < 1.29 is 19.5 Å². The van der Waals surface area contributed by atoms with Gasteiger partial charge in [-0.3, -0.25) is 9.59 Å². The molecule has 236 valence electrons. The minimum Gasteiger partial charge on any atom is -0.478 e. The van der Waals surface area contributed by atoms with Crippen molar-refractivity contribution in [3.05, 3.63) is 107 Å². The van der Waals surface area contributed by atoms with Gasteiger partial charge in [0.1, 0.15) is 12.4 Å². The first-order chi connectivity index (χ1) is 22.4. The van der Waals surface area contributed by atoms with E-state index in [-0.39, 0.29) is 29.2 Å². The zero-order valence-electron chi connectivity index (χ0n) is 25.0. The summed E-state index contributed by atoms with van der Waals surface area (Å²) < 4.78 is 1.49. The minimum atomic E-state index is -1.05. The second kappa shape index (κ2) is 14.1. The molecule has 0 spiro atoms. The first-order valence-electron chi connectivity index (χ1n) is 15.3. The molecule has 2 aliphatic heterocycles. The van der Waals surface area contributed by atoms with Crippen LogP contribution in [0.1, 0.15) is 46.7 Å². The van der Waals surface area contributed by atoms with Crippen molar-refractivity contribution in [2.45, 2.75) is 31.2 Å². The molecule has 3 unspecified atom stereocenters. The van der Waals surface area contributed by atoms with Crippen LogP contribution in [0.2, 0.25) is 5.02 Å². The van der Waals surface area contributed by atoms with Crippen molar-refractivity contribution in [2.75, 3.05) is 25.0 Å². The summed E-state index contributed by atoms with van der Waals surface area (Å²) in [5.41, 5.74) is 2.84. The smallest absolute Gasteiger partial charge is 0.335 e. The van der Waals surface area contributed by atoms with Crippen LogP contribution in [0.5, 0.6) is 0 Å². The Balaban J connectivity index is 1.36. The normalized spacial score (nSPS) is 20.5. The van der Waals surface area contributed by atoms with Gasteiger partial charge in [0.15, 0.2) is 0 Å². The maximum absolute atomic E-state index is 14.2. The number of likely N-dealkylation sites (tertiary alicyclic amines) is 1. The molecule has 0 radical (unpaired) electrons. The molecule has 2 saturated heterocycles. The summed E-state index contributed by atoms with van der Waals surface area (Å²) in [5.74, 6) is -1.33. The van der Waals surface area contributed by atoms with Gasteiger partial charge in [0.2, 0.25) is 11.8 Å². The van der Waals surface area contributed by atoms with Crippen molar-refractivity contribution in [3.63, 3.8) is 0 Å². The monoisotopic (exact) mass is 639 g/mol. The predicted octanol–water partition coefficient (Wildman–Crippen LogP) is 4.67. The Bertz CT molecular complexity index is 1710. The summed E-state index contributed by atoms with van der Waals surface area (Å²) in [5, 5.41) is 27.6. The number of aromatic nitrogens is 4. The number of piperidine rings is 2. The van der Waals surface area contributed by atoms with Crippen LogP contribution in [0.15, 0.2) is 85.2 Å². The molecule has 1 aromatic heterocycles. The van der Waals surface area contributed by atoms with E-state index in [0.29, 0.717) is 34.4 Å². The van der Waals surface area contributed by atoms with Crippen LogP contribution in [0.3, 0.4) is 0 Å². The summed E-state index contributed by atoms with van der Waals surface area (Å²) in [7, 11) is 0. The van der Waals surface area contributed by atoms with E-state index in [9.17, 15) is 19.5 Å². The fraction of sp³-hybridized carbons (Fsp3) is 0.294. The fourth-order valence-electron chi connectivity index (χ4n) is 6.65. The lowest BCUT2D eigenvalue weighted by Crippen LogP contribution is -2.56. The van der Waals surface area contributed by atoms with Crippen LogP contribution in [-0.2, 0) is 9.59 Å². The SMILES string of the molecule is O=C(O)c1ccc(NC(=O)C2C(c3ccccc3)CC(C3CCNCC3)CN2C(=O)/C=C/c2cc(Cl)ccc2-n2cnnn2)cc1. The molecule has 46 heavy (non-hydrogen) atoms. The summed E-state index contributed by atoms with van der Waals surface area (Å²) in [6.07, 6.45) is 7.40. The van der Waals surface area contributed by atoms with E-state index in [0.717, 1.165) is 37.9 Å². The lowest BCUT2D eigenvalue weighted by Gasteiger charge is -2.46. The Morgan fingerprint density at radius 1 is 0.978 bits per heavy atom. The third-order valence-electron chi connectivity index (χ3n) is 8.92. The number of hydrogen-bond donors (Lipinski definition) is 3. The zero-order chi connectivity index (χ0) is 32.0. The van der Waals surface area contributed by atoms with Crippen molar-refractivity contribution in [2.24, 2.45) is 11.8 Å². The molecule has 3 aromatic carbocycles. The molecular weight excluding hydrogens is 606 g/mol. The topological polar surface area (TPSA) is 142 Å². The van der Waals surface area contributed by atoms with E-state index < -0.39 is 12.0 Å². The molecule has 3 N–H and O–H groups in total. The average molecular weight is 640 g/mol. The average Bonchev–Trinajstić information content (AvgIpc) is 3.62. The van der Waals surface area contributed by atoms with Crippen LogP contribution in [0.25, 0.3) is 11.8 Å². The Labute approximate surface area is 271 Å². The van der Waals surface area contributed by atoms with E-state index in [2.05, 4.69) is 26.2 Å². The predicted molar refractivity (Wildman–Crippen MR) is 174 cm³/mol. The van der Waals surface area contributed by atoms with E-state index in [4.69, 9.17) is 11.6 Å². The van der Waals surface area contributed by atoms with Crippen LogP contribution in [0, 0.1) is 11.8 Å². The van der Waals surface area contributed by atoms with Gasteiger partial charge in [0.25, 0.3) is 0 Å². The first kappa shape index (κ1) is 31.1. The summed E-state index contributed by atoms with van der Waals surface area (Å²) in [6.45, 7) is 2.29. The third-order valence-corrected chi connectivity index (χ3v) is 9.16. The minimum absolute atomic E-state index is 0.117. The third kappa shape index (κ3) is 7.00. The molecule has 4 aromatic rings. The van der Waals surface area contributed by atoms with Crippen LogP contribution in [0.4, 0.5) is 5.69 Å². The Morgan fingerprint density at radius 3 is 2.43 bits per heavy atom. The second-order valence-corrected chi connectivity index (χ2v) is 12.1. The maximum atomic E-state index is 14.2. The Hall–Kier alpha value is -4.87. The highest BCUT2D eigenvalue weighted by Crippen LogP contribution is 2.41. The summed E-state index contributed by atoms with van der Waals surface area (Å²) in [4.78, 5) is 41.5. The van der Waals surface area contributed by atoms with E-state index in [1.165, 1.54) is 29.2 Å². The number of anilines is 1. The number of carbonyl (C=O) groups excluding carboxylic acids is 2. The molecule has 6 rings (SSSR count). The largest absolute Gasteiger partial charge is 0.478 e. The number of benzene rings is 3. The molecule has 2 fully saturated rings. The molecule has 11 nitrogen and oxygen atoms in total. The van der Waals surface area contributed by atoms with E-state index in [1.807, 2.05) is 30.3 Å². The molecule has 0 saturated carbocycles. The highest BCUT2D eigenvalue weighted by atomic mass is 35.5. The van der Waals surface area contributed by atoms with Crippen LogP contribution in [-0.4, -0.2) is 73.7 Å². The first-order valence-corrected chi connectivity index (χ1v) is 15.7. The van der Waals surface area contributed by atoms with Crippen molar-refractivity contribution in [3.8, 4) is 5.69 Å². The molecule has 0 bridgehead atoms. The van der Waals surface area contributed by atoms with Gasteiger partial charge in [-0.25, -0.2) is 4.79 Å². The van der Waals surface area contributed by atoms with Gasteiger partial charge in [0, 0.05) is 34.8 Å². The number of amides is 2. The summed E-state index contributed by atoms with van der Waals surface area (Å²) in [6, 6.07) is 20.3. The lowest BCUT2D eigenvalue weighted by molar-refractivity contribution is -0.139. The van der Waals surface area contributed by atoms with Crippen molar-refractivity contribution in [1.29, 1.82) is 0 Å². The number of carboxylic acid groups (broad SMARTS) is 1. The zero-order valence-corrected chi connectivity index (χ0v) is 25.8. The molecule has 12 heteroatoms. The van der Waals surface area contributed by atoms with Gasteiger partial charge in [-0.15, -0.1) is 5.10 Å². The van der Waals surface area contributed by atoms with Gasteiger partial charge in [-0.2, -0.15) is 4.68 Å². The van der Waals surface area contributed by atoms with Crippen molar-refractivity contribution >= 4 is 41.1 Å². The van der Waals surface area contributed by atoms with Gasteiger partial charge in [-0.1, -0.05) is 41.9 Å². The van der Waals surface area contributed by atoms with E-state index in [1.54, 1.807) is 41.3 Å². The molecule has 3 heterocycles. The van der Waals surface area contributed by atoms with Gasteiger partial charge in [0.05, 0.1) is 11.3 Å². The standard InChI is InChI=1S/C34H34ClN7O4/c35-27-9-12-30(42-21-37-39-40-42)25(18-27)8-13-31(43)41-20-26(22-14-16-36-17-15-22)19-29(23-4-2-1-3-5-23)32(41)33(44)38-28-10-6-24(7-11-28)34(45)46/h1-13,18,21-22,26,29,32,36H,14-17,19-20H2,(H,38,44)(H,45,46)/b13-8+. The fourth-order valence-corrected chi connectivity index (χ4v) is 6.83. The van der Waals surface area contributed by atoms with Gasteiger partial charge in [-0.05, 0) is 109 Å². The van der Waals surface area contributed by atoms with Gasteiger partial charge >= 0.3 is 5.97 Å². The number of nitrogens with zero attached hydrogens (tertiary/aromatic N) is 5. The number of halogens is 1. The summed E-state index contributed by atoms with van der Waals surface area (Å²) >= 11 is 6.32. The second-order valence-electron chi connectivity index (χ2n) is 11.7. The highest BCUT2D eigenvalue weighted by Gasteiger charge is 2.44. The van der Waals surface area contributed by atoms with Crippen LogP contribution >= 0.6 is 11.6 Å². The Kier molecular flexibility index (Phi) is 9.51. The molecule has 0 aliphatic carbocycles. The number of nitrogens with one attached hydrogen (secondary N) is 2. The number of tetrazole rings is 1. The molecule has 3 atom stereocenters. The van der Waals surface area contributed by atoms with Gasteiger partial charge < -0.3 is 20.6 Å². The number of aromatic carboxylic acids is 1. The van der Waals surface area contributed by atoms with E-state index >= 15 is 0 Å². The van der Waals surface area contributed by atoms with Crippen molar-refractivity contribution in [1.82, 2.24) is 30.4 Å². The molecule has 2 amide bonds. The number of hydrogen-bond acceptors (Lipinski definition) is 7. The van der Waals surface area contributed by atoms with Crippen LogP contribution < -0.4 is 10.6 Å².